The first kappa shape index (κ1) is 17.5. The molecule has 0 aliphatic carbocycles. The van der Waals surface area contributed by atoms with Crippen molar-refractivity contribution in [1.29, 1.82) is 0 Å². The van der Waals surface area contributed by atoms with E-state index in [4.69, 9.17) is 5.73 Å². The number of nitrogens with two attached hydrogens (primary N) is 1. The Balaban J connectivity index is 1.44. The van der Waals surface area contributed by atoms with Crippen molar-refractivity contribution in [1.82, 2.24) is 10.9 Å². The van der Waals surface area contributed by atoms with E-state index in [1.807, 2.05) is 35.4 Å². The summed E-state index contributed by atoms with van der Waals surface area (Å²) in [6, 6.07) is 11.4. The number of carbonyl (C=O) groups is 1. The Hall–Kier alpha value is -3.94. The van der Waals surface area contributed by atoms with Crippen LogP contribution in [0.3, 0.4) is 0 Å². The van der Waals surface area contributed by atoms with Gasteiger partial charge in [0, 0.05) is 23.3 Å². The number of urea groups is 1. The number of allylic oxidation sites excluding steroid dienone is 2. The summed E-state index contributed by atoms with van der Waals surface area (Å²) in [5, 5.41) is 5.44. The summed E-state index contributed by atoms with van der Waals surface area (Å²) in [7, 11) is 0. The molecule has 2 aromatic rings. The fourth-order valence-electron chi connectivity index (χ4n) is 3.01. The molecule has 0 aromatic heterocycles. The number of fused-ring (bicyclic) bond motifs is 1. The first-order chi connectivity index (χ1) is 13.5. The molecule has 2 aliphatic heterocycles. The number of amides is 2. The minimum Gasteiger partial charge on any atom is -0.382 e. The number of rotatable bonds is 3. The molecule has 2 heterocycles. The van der Waals surface area contributed by atoms with Crippen LogP contribution in [0.2, 0.25) is 0 Å². The topological polar surface area (TPSA) is 94.5 Å². The third-order valence-corrected chi connectivity index (χ3v) is 4.40. The lowest BCUT2D eigenvalue weighted by Crippen LogP contribution is -2.26. The molecule has 8 heteroatoms. The van der Waals surface area contributed by atoms with Crippen molar-refractivity contribution in [2.45, 2.75) is 6.92 Å². The zero-order valence-corrected chi connectivity index (χ0v) is 15.1. The number of hydrogen-bond acceptors (Lipinski definition) is 5. The molecule has 0 fully saturated rings. The Labute approximate surface area is 161 Å². The van der Waals surface area contributed by atoms with E-state index in [0.717, 1.165) is 17.1 Å². The highest BCUT2D eigenvalue weighted by Crippen LogP contribution is 2.29. The van der Waals surface area contributed by atoms with Gasteiger partial charge in [0.05, 0.1) is 5.70 Å². The van der Waals surface area contributed by atoms with Crippen molar-refractivity contribution in [2.75, 3.05) is 15.5 Å². The minimum absolute atomic E-state index is 0.310. The number of carbonyl (C=O) groups excluding carboxylic acids is 1. The van der Waals surface area contributed by atoms with E-state index < -0.39 is 6.03 Å². The number of benzene rings is 2. The van der Waals surface area contributed by atoms with E-state index in [-0.39, 0.29) is 5.82 Å². The van der Waals surface area contributed by atoms with Gasteiger partial charge in [-0.15, -0.1) is 0 Å². The van der Waals surface area contributed by atoms with Crippen molar-refractivity contribution < 1.29 is 9.18 Å². The molecule has 0 saturated carbocycles. The highest BCUT2D eigenvalue weighted by molar-refractivity contribution is 5.99. The van der Waals surface area contributed by atoms with E-state index in [0.29, 0.717) is 22.8 Å². The van der Waals surface area contributed by atoms with Crippen LogP contribution in [-0.4, -0.2) is 6.03 Å². The summed E-state index contributed by atoms with van der Waals surface area (Å²) in [4.78, 5) is 14.1. The molecule has 2 aromatic carbocycles. The smallest absolute Gasteiger partial charge is 0.323 e. The normalized spacial score (nSPS) is 14.8. The van der Waals surface area contributed by atoms with Crippen LogP contribution in [0.5, 0.6) is 0 Å². The van der Waals surface area contributed by atoms with Crippen molar-refractivity contribution in [2.24, 2.45) is 5.73 Å². The summed E-state index contributed by atoms with van der Waals surface area (Å²) >= 11 is 0. The molecule has 2 amide bonds. The number of nitrogens with one attached hydrogen (secondary N) is 4. The van der Waals surface area contributed by atoms with Crippen LogP contribution < -0.4 is 32.1 Å². The van der Waals surface area contributed by atoms with Crippen LogP contribution >= 0.6 is 0 Å². The average Bonchev–Trinajstić information content (AvgIpc) is 3.07. The van der Waals surface area contributed by atoms with Crippen molar-refractivity contribution in [3.8, 4) is 0 Å². The maximum Gasteiger partial charge on any atom is 0.323 e. The van der Waals surface area contributed by atoms with Gasteiger partial charge in [-0.25, -0.2) is 9.18 Å². The van der Waals surface area contributed by atoms with E-state index in [1.165, 1.54) is 12.1 Å². The summed E-state index contributed by atoms with van der Waals surface area (Å²) in [6.45, 7) is 1.64. The van der Waals surface area contributed by atoms with Crippen LogP contribution in [0.25, 0.3) is 0 Å². The van der Waals surface area contributed by atoms with Crippen LogP contribution in [0, 0.1) is 12.7 Å². The SMILES string of the molecule is Cc1cc(NC(=O)Nc2ccc(N3C=CC=C4NNC(N)=C43)cc2)ccc1F. The number of anilines is 3. The number of halogens is 1. The molecule has 2 aliphatic rings. The summed E-state index contributed by atoms with van der Waals surface area (Å²) in [6.07, 6.45) is 5.75. The molecule has 0 atom stereocenters. The molecule has 0 unspecified atom stereocenters. The number of aryl methyl sites for hydroxylation is 1. The average molecular weight is 378 g/mol. The van der Waals surface area contributed by atoms with Gasteiger partial charge < -0.3 is 21.3 Å². The van der Waals surface area contributed by atoms with Gasteiger partial charge in [0.2, 0.25) is 0 Å². The van der Waals surface area contributed by atoms with Crippen LogP contribution in [0.4, 0.5) is 26.2 Å². The van der Waals surface area contributed by atoms with Gasteiger partial charge in [-0.2, -0.15) is 0 Å². The number of nitrogens with zero attached hydrogens (tertiary/aromatic N) is 1. The summed E-state index contributed by atoms with van der Waals surface area (Å²) < 4.78 is 13.3. The lowest BCUT2D eigenvalue weighted by atomic mass is 10.2. The first-order valence-corrected chi connectivity index (χ1v) is 8.65. The van der Waals surface area contributed by atoms with Crippen LogP contribution in [-0.2, 0) is 0 Å². The third-order valence-electron chi connectivity index (χ3n) is 4.40. The second-order valence-electron chi connectivity index (χ2n) is 6.39. The maximum absolute atomic E-state index is 13.3. The molecule has 7 nitrogen and oxygen atoms in total. The molecule has 4 rings (SSSR count). The molecule has 28 heavy (non-hydrogen) atoms. The Morgan fingerprint density at radius 2 is 1.79 bits per heavy atom. The molecule has 0 saturated heterocycles. The predicted octanol–water partition coefficient (Wildman–Crippen LogP) is 3.23. The van der Waals surface area contributed by atoms with E-state index in [1.54, 1.807) is 25.1 Å². The zero-order valence-electron chi connectivity index (χ0n) is 15.1. The minimum atomic E-state index is -0.405. The van der Waals surface area contributed by atoms with Gasteiger partial charge >= 0.3 is 6.03 Å². The first-order valence-electron chi connectivity index (χ1n) is 8.65. The van der Waals surface area contributed by atoms with Crippen LogP contribution in [0.15, 0.2) is 78.0 Å². The Morgan fingerprint density at radius 3 is 2.54 bits per heavy atom. The standard InChI is InChI=1S/C20H19FN6O/c1-12-11-14(6-9-16(12)21)24-20(28)23-13-4-7-15(8-5-13)27-10-2-3-17-18(27)19(22)26-25-17/h2-11,25-26H,22H2,1H3,(H2,23,24,28). The Morgan fingerprint density at radius 1 is 1.07 bits per heavy atom. The molecule has 0 spiro atoms. The monoisotopic (exact) mass is 378 g/mol. The van der Waals surface area contributed by atoms with Gasteiger partial charge in [-0.1, -0.05) is 0 Å². The maximum atomic E-state index is 13.3. The van der Waals surface area contributed by atoms with Gasteiger partial charge in [-0.05, 0) is 67.1 Å². The zero-order chi connectivity index (χ0) is 19.7. The fraction of sp³-hybridized carbons (Fsp3) is 0.0500. The van der Waals surface area contributed by atoms with Gasteiger partial charge in [0.25, 0.3) is 0 Å². The predicted molar refractivity (Wildman–Crippen MR) is 107 cm³/mol. The van der Waals surface area contributed by atoms with Crippen molar-refractivity contribution in [3.63, 3.8) is 0 Å². The third kappa shape index (κ3) is 3.35. The highest BCUT2D eigenvalue weighted by Gasteiger charge is 2.24. The van der Waals surface area contributed by atoms with Gasteiger partial charge in [-0.3, -0.25) is 10.9 Å². The molecule has 0 bridgehead atoms. The number of hydrazine groups is 1. The molecule has 0 radical (unpaired) electrons. The van der Waals surface area contributed by atoms with E-state index in [9.17, 15) is 9.18 Å². The summed E-state index contributed by atoms with van der Waals surface area (Å²) in [5.74, 6) is 0.224. The molecule has 142 valence electrons. The quantitative estimate of drug-likeness (QED) is 0.565. The lowest BCUT2D eigenvalue weighted by Gasteiger charge is -2.24. The fourth-order valence-corrected chi connectivity index (χ4v) is 3.01. The lowest BCUT2D eigenvalue weighted by molar-refractivity contribution is 0.262. The van der Waals surface area contributed by atoms with Gasteiger partial charge in [0.1, 0.15) is 17.3 Å². The second-order valence-corrected chi connectivity index (χ2v) is 6.39. The number of hydrogen-bond donors (Lipinski definition) is 5. The summed E-state index contributed by atoms with van der Waals surface area (Å²) in [5.41, 5.74) is 16.1. The highest BCUT2D eigenvalue weighted by atomic mass is 19.1. The second kappa shape index (κ2) is 6.99. The molecule has 6 N–H and O–H groups in total. The van der Waals surface area contributed by atoms with Crippen molar-refractivity contribution >= 4 is 23.1 Å². The van der Waals surface area contributed by atoms with E-state index in [2.05, 4.69) is 21.5 Å². The van der Waals surface area contributed by atoms with Crippen LogP contribution in [0.1, 0.15) is 5.56 Å². The Kier molecular flexibility index (Phi) is 4.36. The Bertz CT molecular complexity index is 1030. The van der Waals surface area contributed by atoms with Gasteiger partial charge in [0.15, 0.2) is 0 Å². The van der Waals surface area contributed by atoms with E-state index >= 15 is 0 Å². The molecular formula is C20H19FN6O. The largest absolute Gasteiger partial charge is 0.382 e. The molecular weight excluding hydrogens is 359 g/mol. The van der Waals surface area contributed by atoms with Crippen molar-refractivity contribution in [3.05, 3.63) is 89.4 Å².